The largest absolute Gasteiger partial charge is 0.378 e. The Balaban J connectivity index is 1.42. The molecule has 0 aromatic carbocycles. The molecule has 0 bridgehead atoms. The summed E-state index contributed by atoms with van der Waals surface area (Å²) in [6, 6.07) is 0.352. The molecule has 0 radical (unpaired) electrons. The Morgan fingerprint density at radius 1 is 1.40 bits per heavy atom. The second-order valence-electron chi connectivity index (χ2n) is 6.56. The van der Waals surface area contributed by atoms with E-state index in [4.69, 9.17) is 9.47 Å². The van der Waals surface area contributed by atoms with Gasteiger partial charge < -0.3 is 14.8 Å². The number of amides is 1. The molecule has 4 nitrogen and oxygen atoms in total. The fourth-order valence-corrected chi connectivity index (χ4v) is 4.07. The van der Waals surface area contributed by atoms with Crippen LogP contribution in [0.2, 0.25) is 0 Å². The van der Waals surface area contributed by atoms with E-state index < -0.39 is 0 Å². The zero-order valence-electron chi connectivity index (χ0n) is 12.5. The lowest BCUT2D eigenvalue weighted by molar-refractivity contribution is -0.175. The zero-order chi connectivity index (χ0) is 14.0. The topological polar surface area (TPSA) is 47.6 Å². The molecule has 1 spiro atoms. The molecular formula is C16H27NO3. The molecule has 1 N–H and O–H groups in total. The quantitative estimate of drug-likeness (QED) is 0.813. The Labute approximate surface area is 121 Å². The van der Waals surface area contributed by atoms with Crippen LogP contribution in [0.5, 0.6) is 0 Å². The van der Waals surface area contributed by atoms with Crippen LogP contribution in [0.25, 0.3) is 0 Å². The van der Waals surface area contributed by atoms with Gasteiger partial charge in [-0.2, -0.15) is 0 Å². The highest BCUT2D eigenvalue weighted by Gasteiger charge is 2.59. The van der Waals surface area contributed by atoms with Gasteiger partial charge in [0.25, 0.3) is 0 Å². The zero-order valence-corrected chi connectivity index (χ0v) is 12.5. The summed E-state index contributed by atoms with van der Waals surface area (Å²) in [5.41, 5.74) is 0.273. The third-order valence-corrected chi connectivity index (χ3v) is 5.49. The van der Waals surface area contributed by atoms with E-state index in [1.807, 2.05) is 0 Å². The predicted octanol–water partition coefficient (Wildman–Crippen LogP) is 2.41. The van der Waals surface area contributed by atoms with Crippen molar-refractivity contribution in [3.8, 4) is 0 Å². The third kappa shape index (κ3) is 2.60. The molecule has 20 heavy (non-hydrogen) atoms. The number of rotatable bonds is 6. The third-order valence-electron chi connectivity index (χ3n) is 5.49. The minimum atomic E-state index is 0.201. The van der Waals surface area contributed by atoms with Crippen molar-refractivity contribution in [2.45, 2.75) is 76.5 Å². The van der Waals surface area contributed by atoms with Crippen molar-refractivity contribution in [3.05, 3.63) is 0 Å². The molecule has 114 valence electrons. The van der Waals surface area contributed by atoms with Gasteiger partial charge in [0.2, 0.25) is 5.91 Å². The molecule has 1 heterocycles. The van der Waals surface area contributed by atoms with Crippen molar-refractivity contribution in [2.75, 3.05) is 13.2 Å². The molecule has 3 fully saturated rings. The van der Waals surface area contributed by atoms with Crippen molar-refractivity contribution in [2.24, 2.45) is 5.41 Å². The normalized spacial score (nSPS) is 34.5. The maximum Gasteiger partial charge on any atom is 0.220 e. The van der Waals surface area contributed by atoms with E-state index in [-0.39, 0.29) is 11.3 Å². The van der Waals surface area contributed by atoms with E-state index in [0.717, 1.165) is 38.9 Å². The number of hydrogen-bond acceptors (Lipinski definition) is 3. The summed E-state index contributed by atoms with van der Waals surface area (Å²) >= 11 is 0. The first-order valence-electron chi connectivity index (χ1n) is 8.27. The fraction of sp³-hybridized carbons (Fsp3) is 0.938. The van der Waals surface area contributed by atoms with Crippen molar-refractivity contribution >= 4 is 5.91 Å². The number of hydrogen-bond donors (Lipinski definition) is 1. The first kappa shape index (κ1) is 14.3. The van der Waals surface area contributed by atoms with Crippen LogP contribution in [0, 0.1) is 5.41 Å². The van der Waals surface area contributed by atoms with E-state index in [1.54, 1.807) is 0 Å². The molecule has 2 saturated carbocycles. The van der Waals surface area contributed by atoms with Gasteiger partial charge in [0, 0.05) is 31.1 Å². The lowest BCUT2D eigenvalue weighted by Crippen LogP contribution is -2.67. The number of carbonyl (C=O) groups excluding carboxylic acids is 1. The van der Waals surface area contributed by atoms with Crippen LogP contribution in [0.15, 0.2) is 0 Å². The molecule has 0 unspecified atom stereocenters. The minimum Gasteiger partial charge on any atom is -0.378 e. The van der Waals surface area contributed by atoms with Crippen molar-refractivity contribution in [1.29, 1.82) is 0 Å². The second-order valence-corrected chi connectivity index (χ2v) is 6.56. The molecule has 0 aromatic heterocycles. The Kier molecular flexibility index (Phi) is 4.32. The van der Waals surface area contributed by atoms with Gasteiger partial charge in [0.1, 0.15) is 0 Å². The van der Waals surface area contributed by atoms with E-state index in [0.29, 0.717) is 24.7 Å². The van der Waals surface area contributed by atoms with Gasteiger partial charge in [0.15, 0.2) is 0 Å². The van der Waals surface area contributed by atoms with Crippen LogP contribution in [-0.2, 0) is 14.3 Å². The van der Waals surface area contributed by atoms with Crippen LogP contribution in [-0.4, -0.2) is 37.4 Å². The number of ether oxygens (including phenoxy) is 2. The van der Waals surface area contributed by atoms with Gasteiger partial charge in [-0.15, -0.1) is 0 Å². The van der Waals surface area contributed by atoms with Crippen molar-refractivity contribution < 1.29 is 14.3 Å². The average Bonchev–Trinajstić information content (AvgIpc) is 2.86. The Morgan fingerprint density at radius 2 is 2.25 bits per heavy atom. The maximum atomic E-state index is 12.1. The summed E-state index contributed by atoms with van der Waals surface area (Å²) in [4.78, 5) is 12.1. The second kappa shape index (κ2) is 6.02. The van der Waals surface area contributed by atoms with Crippen LogP contribution < -0.4 is 5.32 Å². The molecular weight excluding hydrogens is 254 g/mol. The first-order chi connectivity index (χ1) is 9.74. The summed E-state index contributed by atoms with van der Waals surface area (Å²) in [5, 5.41) is 3.25. The highest BCUT2D eigenvalue weighted by molar-refractivity contribution is 5.76. The first-order valence-corrected chi connectivity index (χ1v) is 8.27. The summed E-state index contributed by atoms with van der Waals surface area (Å²) < 4.78 is 11.4. The SMILES string of the molecule is CCO[C@@H]1C[C@H](NC(=O)CC[C@@H]2CCCO2)C12CCC2. The highest BCUT2D eigenvalue weighted by Crippen LogP contribution is 2.57. The Hall–Kier alpha value is -0.610. The van der Waals surface area contributed by atoms with Gasteiger partial charge in [-0.25, -0.2) is 0 Å². The van der Waals surface area contributed by atoms with Crippen molar-refractivity contribution in [3.63, 3.8) is 0 Å². The summed E-state index contributed by atoms with van der Waals surface area (Å²) in [6.07, 6.45) is 9.16. The lowest BCUT2D eigenvalue weighted by atomic mass is 9.51. The summed E-state index contributed by atoms with van der Waals surface area (Å²) in [6.45, 7) is 3.71. The molecule has 0 aromatic rings. The minimum absolute atomic E-state index is 0.201. The Bertz CT molecular complexity index is 348. The number of carbonyl (C=O) groups is 1. The van der Waals surface area contributed by atoms with Gasteiger partial charge in [-0.1, -0.05) is 6.42 Å². The average molecular weight is 281 g/mol. The van der Waals surface area contributed by atoms with E-state index in [9.17, 15) is 4.79 Å². The van der Waals surface area contributed by atoms with E-state index >= 15 is 0 Å². The summed E-state index contributed by atoms with van der Waals surface area (Å²) in [7, 11) is 0. The molecule has 3 atom stereocenters. The van der Waals surface area contributed by atoms with Crippen LogP contribution in [0.4, 0.5) is 0 Å². The van der Waals surface area contributed by atoms with Crippen LogP contribution in [0.1, 0.15) is 58.3 Å². The van der Waals surface area contributed by atoms with Crippen LogP contribution >= 0.6 is 0 Å². The Morgan fingerprint density at radius 3 is 2.85 bits per heavy atom. The lowest BCUT2D eigenvalue weighted by Gasteiger charge is -2.61. The smallest absolute Gasteiger partial charge is 0.220 e. The van der Waals surface area contributed by atoms with Gasteiger partial charge in [0.05, 0.1) is 12.2 Å². The van der Waals surface area contributed by atoms with E-state index in [2.05, 4.69) is 12.2 Å². The molecule has 1 saturated heterocycles. The van der Waals surface area contributed by atoms with Gasteiger partial charge >= 0.3 is 0 Å². The standard InChI is InChI=1S/C16H27NO3/c1-2-19-14-11-13(16(14)8-4-9-16)17-15(18)7-6-12-5-3-10-20-12/h12-14H,2-11H2,1H3,(H,17,18)/t12-,13-,14+/m0/s1. The molecule has 1 aliphatic heterocycles. The maximum absolute atomic E-state index is 12.1. The molecule has 1 amide bonds. The fourth-order valence-electron chi connectivity index (χ4n) is 4.07. The molecule has 2 aliphatic carbocycles. The highest BCUT2D eigenvalue weighted by atomic mass is 16.5. The molecule has 3 aliphatic rings. The molecule has 4 heteroatoms. The monoisotopic (exact) mass is 281 g/mol. The predicted molar refractivity (Wildman–Crippen MR) is 76.5 cm³/mol. The van der Waals surface area contributed by atoms with Gasteiger partial charge in [-0.3, -0.25) is 4.79 Å². The van der Waals surface area contributed by atoms with Crippen LogP contribution in [0.3, 0.4) is 0 Å². The number of nitrogens with one attached hydrogen (secondary N) is 1. The summed E-state index contributed by atoms with van der Waals surface area (Å²) in [5.74, 6) is 0.201. The van der Waals surface area contributed by atoms with Crippen molar-refractivity contribution in [1.82, 2.24) is 5.32 Å². The van der Waals surface area contributed by atoms with Gasteiger partial charge in [-0.05, 0) is 45.4 Å². The van der Waals surface area contributed by atoms with E-state index in [1.165, 1.54) is 19.3 Å². The molecule has 3 rings (SSSR count).